The van der Waals surface area contributed by atoms with Crippen molar-refractivity contribution in [2.75, 3.05) is 24.1 Å². The second-order valence-corrected chi connectivity index (χ2v) is 5.92. The first-order chi connectivity index (χ1) is 11.3. The first-order valence-electron chi connectivity index (χ1n) is 7.97. The number of nitrogens with zero attached hydrogens (tertiary/aromatic N) is 2. The molecule has 0 bridgehead atoms. The molecule has 0 amide bonds. The Morgan fingerprint density at radius 2 is 2.22 bits per heavy atom. The van der Waals surface area contributed by atoms with Crippen molar-refractivity contribution >= 4 is 22.5 Å². The number of pyridine rings is 2. The molecule has 1 atom stereocenters. The number of aromatic amines is 1. The number of H-pyrrole nitrogens is 1. The lowest BCUT2D eigenvalue weighted by Gasteiger charge is -2.26. The van der Waals surface area contributed by atoms with E-state index in [2.05, 4.69) is 31.7 Å². The summed E-state index contributed by atoms with van der Waals surface area (Å²) in [7, 11) is 0. The molecule has 3 aromatic heterocycles. The molecule has 0 radical (unpaired) electrons. The molecule has 6 heteroatoms. The topological polar surface area (TPSA) is 91.6 Å². The maximum absolute atomic E-state index is 5.85. The Bertz CT molecular complexity index is 819. The van der Waals surface area contributed by atoms with Crippen molar-refractivity contribution in [1.29, 1.82) is 0 Å². The predicted molar refractivity (Wildman–Crippen MR) is 93.3 cm³/mol. The van der Waals surface area contributed by atoms with Gasteiger partial charge < -0.3 is 21.4 Å². The highest BCUT2D eigenvalue weighted by Gasteiger charge is 2.18. The lowest BCUT2D eigenvalue weighted by atomic mass is 10.0. The molecule has 5 N–H and O–H groups in total. The van der Waals surface area contributed by atoms with Crippen LogP contribution >= 0.6 is 0 Å². The van der Waals surface area contributed by atoms with Crippen LogP contribution in [0, 0.1) is 0 Å². The summed E-state index contributed by atoms with van der Waals surface area (Å²) in [5.74, 6) is 0.516. The van der Waals surface area contributed by atoms with Crippen LogP contribution in [0.1, 0.15) is 12.8 Å². The fraction of sp³-hybridized carbons (Fsp3) is 0.294. The largest absolute Gasteiger partial charge is 0.384 e. The number of anilines is 2. The zero-order valence-electron chi connectivity index (χ0n) is 12.8. The minimum atomic E-state index is 0.407. The normalized spacial score (nSPS) is 18.2. The summed E-state index contributed by atoms with van der Waals surface area (Å²) in [6.45, 7) is 2.07. The number of fused-ring (bicyclic) bond motifs is 1. The molecule has 0 saturated carbocycles. The molecule has 23 heavy (non-hydrogen) atoms. The minimum absolute atomic E-state index is 0.407. The van der Waals surface area contributed by atoms with Gasteiger partial charge in [0.25, 0.3) is 0 Å². The Hall–Kier alpha value is -2.60. The smallest absolute Gasteiger partial charge is 0.139 e. The molecule has 0 aromatic carbocycles. The molecule has 6 nitrogen and oxygen atoms in total. The predicted octanol–water partition coefficient (Wildman–Crippen LogP) is 2.37. The number of piperidine rings is 1. The standard InChI is InChI=1S/C17H20N6/c18-15-5-1-4-14(23-15)13-10-21-17-12(6-8-20-17)16(13)22-11-3-2-7-19-9-11/h1,4-6,8,10-11,19H,2-3,7,9H2,(H2,18,23)(H2,20,21,22)/t11-/m1/s1. The molecule has 1 fully saturated rings. The fourth-order valence-corrected chi connectivity index (χ4v) is 3.14. The Morgan fingerprint density at radius 3 is 3.04 bits per heavy atom. The average molecular weight is 308 g/mol. The number of hydrogen-bond donors (Lipinski definition) is 4. The quantitative estimate of drug-likeness (QED) is 0.596. The summed E-state index contributed by atoms with van der Waals surface area (Å²) in [5, 5.41) is 8.22. The van der Waals surface area contributed by atoms with Crippen molar-refractivity contribution in [1.82, 2.24) is 20.3 Å². The molecule has 118 valence electrons. The van der Waals surface area contributed by atoms with Crippen molar-refractivity contribution < 1.29 is 0 Å². The van der Waals surface area contributed by atoms with E-state index in [0.29, 0.717) is 11.9 Å². The Kier molecular flexibility index (Phi) is 3.59. The first-order valence-corrected chi connectivity index (χ1v) is 7.97. The minimum Gasteiger partial charge on any atom is -0.384 e. The highest BCUT2D eigenvalue weighted by Crippen LogP contribution is 2.33. The number of aromatic nitrogens is 3. The summed E-state index contributed by atoms with van der Waals surface area (Å²) < 4.78 is 0. The molecule has 0 aliphatic carbocycles. The van der Waals surface area contributed by atoms with E-state index in [9.17, 15) is 0 Å². The van der Waals surface area contributed by atoms with Crippen LogP contribution in [0.4, 0.5) is 11.5 Å². The number of hydrogen-bond acceptors (Lipinski definition) is 5. The van der Waals surface area contributed by atoms with Crippen molar-refractivity contribution in [3.05, 3.63) is 36.7 Å². The van der Waals surface area contributed by atoms with Gasteiger partial charge in [-0.05, 0) is 37.6 Å². The third kappa shape index (κ3) is 2.73. The van der Waals surface area contributed by atoms with Gasteiger partial charge in [-0.15, -0.1) is 0 Å². The molecule has 4 rings (SSSR count). The summed E-state index contributed by atoms with van der Waals surface area (Å²) in [6.07, 6.45) is 6.12. The highest BCUT2D eigenvalue weighted by molar-refractivity contribution is 5.97. The van der Waals surface area contributed by atoms with Crippen LogP contribution in [0.3, 0.4) is 0 Å². The second-order valence-electron chi connectivity index (χ2n) is 5.92. The molecule has 0 spiro atoms. The lowest BCUT2D eigenvalue weighted by molar-refractivity contribution is 0.480. The van der Waals surface area contributed by atoms with E-state index in [1.807, 2.05) is 24.5 Å². The molecule has 1 aliphatic heterocycles. The number of nitrogens with two attached hydrogens (primary N) is 1. The third-order valence-electron chi connectivity index (χ3n) is 4.28. The molecule has 1 aliphatic rings. The van der Waals surface area contributed by atoms with Gasteiger partial charge in [-0.2, -0.15) is 0 Å². The monoisotopic (exact) mass is 308 g/mol. The molecule has 1 saturated heterocycles. The van der Waals surface area contributed by atoms with Crippen molar-refractivity contribution in [3.63, 3.8) is 0 Å². The van der Waals surface area contributed by atoms with Gasteiger partial charge in [0.15, 0.2) is 0 Å². The average Bonchev–Trinajstić information content (AvgIpc) is 3.05. The van der Waals surface area contributed by atoms with Crippen molar-refractivity contribution in [2.45, 2.75) is 18.9 Å². The van der Waals surface area contributed by atoms with Gasteiger partial charge >= 0.3 is 0 Å². The molecular formula is C17H20N6. The van der Waals surface area contributed by atoms with E-state index >= 15 is 0 Å². The zero-order chi connectivity index (χ0) is 15.6. The van der Waals surface area contributed by atoms with Crippen LogP contribution in [-0.4, -0.2) is 34.1 Å². The summed E-state index contributed by atoms with van der Waals surface area (Å²) >= 11 is 0. The summed E-state index contributed by atoms with van der Waals surface area (Å²) in [4.78, 5) is 12.1. The Labute approximate surface area is 134 Å². The van der Waals surface area contributed by atoms with E-state index in [4.69, 9.17) is 5.73 Å². The van der Waals surface area contributed by atoms with Crippen LogP contribution in [-0.2, 0) is 0 Å². The van der Waals surface area contributed by atoms with Crippen LogP contribution in [0.15, 0.2) is 36.7 Å². The van der Waals surface area contributed by atoms with Crippen LogP contribution < -0.4 is 16.4 Å². The molecular weight excluding hydrogens is 288 g/mol. The van der Waals surface area contributed by atoms with Gasteiger partial charge in [0, 0.05) is 35.9 Å². The van der Waals surface area contributed by atoms with Crippen molar-refractivity contribution in [2.24, 2.45) is 0 Å². The van der Waals surface area contributed by atoms with E-state index in [0.717, 1.165) is 47.5 Å². The molecule has 3 aromatic rings. The summed E-state index contributed by atoms with van der Waals surface area (Å²) in [6, 6.07) is 8.14. The van der Waals surface area contributed by atoms with Crippen molar-refractivity contribution in [3.8, 4) is 11.3 Å². The van der Waals surface area contributed by atoms with Gasteiger partial charge in [0.05, 0.1) is 11.4 Å². The summed E-state index contributed by atoms with van der Waals surface area (Å²) in [5.41, 5.74) is 9.63. The van der Waals surface area contributed by atoms with Gasteiger partial charge in [-0.1, -0.05) is 6.07 Å². The maximum atomic E-state index is 5.85. The maximum Gasteiger partial charge on any atom is 0.139 e. The third-order valence-corrected chi connectivity index (χ3v) is 4.28. The van der Waals surface area contributed by atoms with Gasteiger partial charge in [-0.3, -0.25) is 0 Å². The zero-order valence-corrected chi connectivity index (χ0v) is 12.8. The Morgan fingerprint density at radius 1 is 1.26 bits per heavy atom. The number of rotatable bonds is 3. The van der Waals surface area contributed by atoms with E-state index < -0.39 is 0 Å². The van der Waals surface area contributed by atoms with Gasteiger partial charge in [-0.25, -0.2) is 9.97 Å². The highest BCUT2D eigenvalue weighted by atomic mass is 15.0. The first kappa shape index (κ1) is 14.0. The van der Waals surface area contributed by atoms with Gasteiger partial charge in [0.2, 0.25) is 0 Å². The van der Waals surface area contributed by atoms with E-state index in [-0.39, 0.29) is 0 Å². The second kappa shape index (κ2) is 5.89. The van der Waals surface area contributed by atoms with E-state index in [1.54, 1.807) is 6.07 Å². The SMILES string of the molecule is Nc1cccc(-c2cnc3[nH]ccc3c2N[C@@H]2CCCNC2)n1. The van der Waals surface area contributed by atoms with Crippen LogP contribution in [0.2, 0.25) is 0 Å². The van der Waals surface area contributed by atoms with E-state index in [1.165, 1.54) is 6.42 Å². The van der Waals surface area contributed by atoms with Gasteiger partial charge in [0.1, 0.15) is 11.5 Å². The molecule has 4 heterocycles. The Balaban J connectivity index is 1.81. The number of nitrogen functional groups attached to an aromatic ring is 1. The lowest BCUT2D eigenvalue weighted by Crippen LogP contribution is -2.38. The van der Waals surface area contributed by atoms with Crippen LogP contribution in [0.5, 0.6) is 0 Å². The number of nitrogens with one attached hydrogen (secondary N) is 3. The van der Waals surface area contributed by atoms with Crippen LogP contribution in [0.25, 0.3) is 22.3 Å². The fourth-order valence-electron chi connectivity index (χ4n) is 3.14. The molecule has 0 unspecified atom stereocenters.